The van der Waals surface area contributed by atoms with Gasteiger partial charge in [-0.05, 0) is 31.2 Å². The normalized spacial score (nSPS) is 8.70. The van der Waals surface area contributed by atoms with Crippen molar-refractivity contribution in [1.29, 1.82) is 0 Å². The molecule has 108 valence electrons. The van der Waals surface area contributed by atoms with Gasteiger partial charge in [-0.1, -0.05) is 6.58 Å². The molecule has 0 bridgehead atoms. The lowest BCUT2D eigenvalue weighted by Crippen LogP contribution is -2.06. The highest BCUT2D eigenvalue weighted by Gasteiger charge is 1.99. The second kappa shape index (κ2) is 9.32. The Bertz CT molecular complexity index is 479. The summed E-state index contributed by atoms with van der Waals surface area (Å²) in [6, 6.07) is 6.31. The van der Waals surface area contributed by atoms with Crippen molar-refractivity contribution in [1.82, 2.24) is 0 Å². The highest BCUT2D eigenvalue weighted by molar-refractivity contribution is 5.88. The molecule has 0 aromatic heterocycles. The number of rotatable bonds is 4. The van der Waals surface area contributed by atoms with E-state index in [0.29, 0.717) is 17.5 Å². The molecule has 0 aliphatic heterocycles. The van der Waals surface area contributed by atoms with E-state index in [9.17, 15) is 14.4 Å². The molecule has 6 heteroatoms. The largest absolute Gasteiger partial charge is 0.508 e. The first-order chi connectivity index (χ1) is 9.36. The fourth-order valence-corrected chi connectivity index (χ4v) is 0.981. The van der Waals surface area contributed by atoms with Crippen LogP contribution in [0.1, 0.15) is 13.8 Å². The van der Waals surface area contributed by atoms with E-state index in [4.69, 9.17) is 5.11 Å². The van der Waals surface area contributed by atoms with Crippen molar-refractivity contribution in [2.24, 2.45) is 0 Å². The molecule has 0 fully saturated rings. The van der Waals surface area contributed by atoms with E-state index in [1.54, 1.807) is 12.1 Å². The lowest BCUT2D eigenvalue weighted by atomic mass is 10.3. The second-order valence-electron chi connectivity index (χ2n) is 3.77. The summed E-state index contributed by atoms with van der Waals surface area (Å²) in [5.41, 5.74) is 0.993. The van der Waals surface area contributed by atoms with Gasteiger partial charge in [-0.3, -0.25) is 9.59 Å². The lowest BCUT2D eigenvalue weighted by molar-refractivity contribution is -0.141. The van der Waals surface area contributed by atoms with Gasteiger partial charge in [-0.15, -0.1) is 0 Å². The number of amides is 1. The highest BCUT2D eigenvalue weighted by atomic mass is 16.5. The third-order valence-corrected chi connectivity index (χ3v) is 1.82. The lowest BCUT2D eigenvalue weighted by Gasteiger charge is -1.99. The number of carbonyl (C=O) groups excluding carboxylic acids is 3. The van der Waals surface area contributed by atoms with Gasteiger partial charge in [-0.25, -0.2) is 4.79 Å². The fraction of sp³-hybridized carbons (Fsp3) is 0.214. The molecule has 1 aromatic rings. The number of hydrogen-bond donors (Lipinski definition) is 2. The molecule has 0 unspecified atom stereocenters. The van der Waals surface area contributed by atoms with Crippen molar-refractivity contribution in [3.8, 4) is 5.75 Å². The van der Waals surface area contributed by atoms with Gasteiger partial charge >= 0.3 is 5.97 Å². The zero-order valence-corrected chi connectivity index (χ0v) is 11.4. The maximum atomic E-state index is 10.5. The summed E-state index contributed by atoms with van der Waals surface area (Å²) in [4.78, 5) is 30.6. The van der Waals surface area contributed by atoms with Crippen LogP contribution in [-0.4, -0.2) is 29.9 Å². The third kappa shape index (κ3) is 8.46. The van der Waals surface area contributed by atoms with E-state index >= 15 is 0 Å². The number of benzene rings is 1. The van der Waals surface area contributed by atoms with Gasteiger partial charge in [0.25, 0.3) is 0 Å². The summed E-state index contributed by atoms with van der Waals surface area (Å²) in [5, 5.41) is 11.5. The minimum atomic E-state index is -0.526. The number of esters is 1. The van der Waals surface area contributed by atoms with Crippen LogP contribution in [0.5, 0.6) is 5.75 Å². The number of hydrogen-bond acceptors (Lipinski definition) is 5. The van der Waals surface area contributed by atoms with Crippen LogP contribution in [0.15, 0.2) is 36.4 Å². The SMILES string of the molecule is C=C(C)C(=O)OCC=O.CC(=O)Nc1ccc(O)cc1. The van der Waals surface area contributed by atoms with Gasteiger partial charge in [0.2, 0.25) is 5.91 Å². The molecule has 1 aromatic carbocycles. The molecule has 1 rings (SSSR count). The van der Waals surface area contributed by atoms with Crippen LogP contribution >= 0.6 is 0 Å². The first kappa shape index (κ1) is 17.4. The van der Waals surface area contributed by atoms with E-state index in [1.807, 2.05) is 0 Å². The maximum Gasteiger partial charge on any atom is 0.333 e. The quantitative estimate of drug-likeness (QED) is 0.378. The zero-order chi connectivity index (χ0) is 15.5. The predicted octanol–water partition coefficient (Wildman–Crippen LogP) is 1.66. The smallest absolute Gasteiger partial charge is 0.333 e. The van der Waals surface area contributed by atoms with E-state index in [-0.39, 0.29) is 18.3 Å². The van der Waals surface area contributed by atoms with Crippen LogP contribution in [0.25, 0.3) is 0 Å². The molecule has 0 spiro atoms. The average Bonchev–Trinajstić information content (AvgIpc) is 2.38. The van der Waals surface area contributed by atoms with Crippen molar-refractivity contribution < 1.29 is 24.2 Å². The van der Waals surface area contributed by atoms with E-state index in [1.165, 1.54) is 26.0 Å². The molecule has 0 aliphatic carbocycles. The molecular weight excluding hydrogens is 262 g/mol. The number of phenolic OH excluding ortho intramolecular Hbond substituents is 1. The summed E-state index contributed by atoms with van der Waals surface area (Å²) >= 11 is 0. The number of anilines is 1. The van der Waals surface area contributed by atoms with Crippen molar-refractivity contribution in [3.05, 3.63) is 36.4 Å². The second-order valence-corrected chi connectivity index (χ2v) is 3.77. The topological polar surface area (TPSA) is 92.7 Å². The van der Waals surface area contributed by atoms with E-state index in [0.717, 1.165) is 0 Å². The minimum absolute atomic E-state index is 0.115. The molecule has 2 N–H and O–H groups in total. The number of nitrogens with one attached hydrogen (secondary N) is 1. The van der Waals surface area contributed by atoms with Gasteiger partial charge in [0.1, 0.15) is 12.4 Å². The zero-order valence-electron chi connectivity index (χ0n) is 11.4. The first-order valence-corrected chi connectivity index (χ1v) is 5.69. The molecule has 0 saturated carbocycles. The maximum absolute atomic E-state index is 10.5. The number of aldehydes is 1. The summed E-state index contributed by atoms with van der Waals surface area (Å²) < 4.78 is 4.35. The number of phenols is 1. The Morgan fingerprint density at radius 1 is 1.30 bits per heavy atom. The third-order valence-electron chi connectivity index (χ3n) is 1.82. The van der Waals surface area contributed by atoms with E-state index < -0.39 is 5.97 Å². The monoisotopic (exact) mass is 279 g/mol. The fourth-order valence-electron chi connectivity index (χ4n) is 0.981. The summed E-state index contributed by atoms with van der Waals surface area (Å²) in [7, 11) is 0. The van der Waals surface area contributed by atoms with Crippen LogP contribution in [-0.2, 0) is 19.1 Å². The Labute approximate surface area is 117 Å². The van der Waals surface area contributed by atoms with Crippen LogP contribution in [0.3, 0.4) is 0 Å². The van der Waals surface area contributed by atoms with Gasteiger partial charge in [0.15, 0.2) is 6.29 Å². The number of aromatic hydroxyl groups is 1. The molecule has 0 atom stereocenters. The van der Waals surface area contributed by atoms with Gasteiger partial charge < -0.3 is 15.2 Å². The molecule has 0 aliphatic rings. The number of carbonyl (C=O) groups is 3. The van der Waals surface area contributed by atoms with Crippen molar-refractivity contribution in [2.75, 3.05) is 11.9 Å². The predicted molar refractivity (Wildman–Crippen MR) is 74.2 cm³/mol. The Hall–Kier alpha value is -2.63. The molecular formula is C14H17NO5. The van der Waals surface area contributed by atoms with Crippen molar-refractivity contribution in [3.63, 3.8) is 0 Å². The van der Waals surface area contributed by atoms with Gasteiger partial charge in [-0.2, -0.15) is 0 Å². The van der Waals surface area contributed by atoms with Crippen LogP contribution in [0.2, 0.25) is 0 Å². The molecule has 0 radical (unpaired) electrons. The Balaban J connectivity index is 0.000000370. The molecule has 0 heterocycles. The molecule has 1 amide bonds. The summed E-state index contributed by atoms with van der Waals surface area (Å²) in [6.45, 7) is 6.09. The molecule has 0 saturated heterocycles. The van der Waals surface area contributed by atoms with Crippen LogP contribution < -0.4 is 5.32 Å². The van der Waals surface area contributed by atoms with Crippen LogP contribution in [0.4, 0.5) is 5.69 Å². The Morgan fingerprint density at radius 3 is 2.25 bits per heavy atom. The Morgan fingerprint density at radius 2 is 1.85 bits per heavy atom. The van der Waals surface area contributed by atoms with Gasteiger partial charge in [0.05, 0.1) is 0 Å². The minimum Gasteiger partial charge on any atom is -0.508 e. The standard InChI is InChI=1S/C8H9NO2.C6H8O3/c1-6(10)9-7-2-4-8(11)5-3-7;1-5(2)6(8)9-4-3-7/h2-5,11H,1H3,(H,9,10);3H,1,4H2,2H3. The summed E-state index contributed by atoms with van der Waals surface area (Å²) in [6.07, 6.45) is 0.515. The Kier molecular flexibility index (Phi) is 8.09. The summed E-state index contributed by atoms with van der Waals surface area (Å²) in [5.74, 6) is -0.447. The molecule has 6 nitrogen and oxygen atoms in total. The molecule has 20 heavy (non-hydrogen) atoms. The van der Waals surface area contributed by atoms with Gasteiger partial charge in [0, 0.05) is 18.2 Å². The highest BCUT2D eigenvalue weighted by Crippen LogP contribution is 2.13. The first-order valence-electron chi connectivity index (χ1n) is 5.69. The van der Waals surface area contributed by atoms with Crippen LogP contribution in [0, 0.1) is 0 Å². The average molecular weight is 279 g/mol. The number of ether oxygens (including phenoxy) is 1. The van der Waals surface area contributed by atoms with E-state index in [2.05, 4.69) is 16.6 Å². The van der Waals surface area contributed by atoms with Crippen molar-refractivity contribution >= 4 is 23.9 Å². The van der Waals surface area contributed by atoms with Crippen molar-refractivity contribution in [2.45, 2.75) is 13.8 Å².